The third kappa shape index (κ3) is 1.68. The normalized spacial score (nSPS) is 36.9. The highest BCUT2D eigenvalue weighted by Gasteiger charge is 2.59. The second-order valence-corrected chi connectivity index (χ2v) is 6.78. The van der Waals surface area contributed by atoms with Gasteiger partial charge in [0.15, 0.2) is 11.5 Å². The Morgan fingerprint density at radius 2 is 2.13 bits per heavy atom. The van der Waals surface area contributed by atoms with Crippen molar-refractivity contribution in [3.05, 3.63) is 23.3 Å². The van der Waals surface area contributed by atoms with E-state index in [9.17, 15) is 4.79 Å². The number of nitrogens with one attached hydrogen (secondary N) is 1. The maximum atomic E-state index is 12.4. The zero-order valence-corrected chi connectivity index (χ0v) is 13.0. The second-order valence-electron chi connectivity index (χ2n) is 6.78. The van der Waals surface area contributed by atoms with E-state index in [1.165, 1.54) is 0 Å². The Kier molecular flexibility index (Phi) is 2.73. The summed E-state index contributed by atoms with van der Waals surface area (Å²) in [5, 5.41) is 3.56. The van der Waals surface area contributed by atoms with Crippen molar-refractivity contribution in [2.45, 2.75) is 42.9 Å². The Labute approximate surface area is 134 Å². The van der Waals surface area contributed by atoms with Gasteiger partial charge >= 0.3 is 5.97 Å². The van der Waals surface area contributed by atoms with Gasteiger partial charge in [0.2, 0.25) is 6.79 Å². The van der Waals surface area contributed by atoms with Crippen molar-refractivity contribution in [2.24, 2.45) is 0 Å². The first-order chi connectivity index (χ1) is 11.2. The summed E-state index contributed by atoms with van der Waals surface area (Å²) in [6.45, 7) is 0.901. The highest BCUT2D eigenvalue weighted by Crippen LogP contribution is 2.52. The largest absolute Gasteiger partial charge is 0.456 e. The molecule has 0 aromatic heterocycles. The van der Waals surface area contributed by atoms with Crippen molar-refractivity contribution in [3.8, 4) is 11.5 Å². The van der Waals surface area contributed by atoms with E-state index in [-0.39, 0.29) is 36.4 Å². The Bertz CT molecular complexity index is 690. The first kappa shape index (κ1) is 13.6. The first-order valence-electron chi connectivity index (χ1n) is 8.13. The maximum absolute atomic E-state index is 12.4. The number of methoxy groups -OCH3 is 1. The zero-order chi connectivity index (χ0) is 15.6. The molecule has 122 valence electrons. The van der Waals surface area contributed by atoms with Gasteiger partial charge in [-0.2, -0.15) is 0 Å². The fourth-order valence-electron chi connectivity index (χ4n) is 4.79. The summed E-state index contributed by atoms with van der Waals surface area (Å²) in [6.07, 6.45) is 2.97. The zero-order valence-electron chi connectivity index (χ0n) is 13.0. The van der Waals surface area contributed by atoms with Gasteiger partial charge in [-0.1, -0.05) is 0 Å². The number of hydrogen-bond acceptors (Lipinski definition) is 6. The first-order valence-corrected chi connectivity index (χ1v) is 8.13. The topological polar surface area (TPSA) is 66.0 Å². The molecule has 6 heteroatoms. The molecule has 1 aliphatic carbocycles. The van der Waals surface area contributed by atoms with Gasteiger partial charge in [-0.3, -0.25) is 0 Å². The summed E-state index contributed by atoms with van der Waals surface area (Å²) < 4.78 is 22.3. The minimum absolute atomic E-state index is 0.120. The van der Waals surface area contributed by atoms with Crippen LogP contribution in [0.4, 0.5) is 0 Å². The molecule has 2 fully saturated rings. The lowest BCUT2D eigenvalue weighted by atomic mass is 9.62. The molecule has 1 N–H and O–H groups in total. The van der Waals surface area contributed by atoms with Crippen molar-refractivity contribution in [1.29, 1.82) is 0 Å². The fraction of sp³-hybridized carbons (Fsp3) is 0.588. The third-order valence-electron chi connectivity index (χ3n) is 5.94. The standard InChI is InChI=1S/C17H19NO5/c1-20-9-2-3-17-11-6-13-12(21-8-22-13)5-10(11)16(19)23-15(17)7-18-14(17)4-9/h5-6,9,14-15,18H,2-4,7-8H2,1H3/t9-,14-,15+,17-/m0/s1. The van der Waals surface area contributed by atoms with Crippen LogP contribution in [0, 0.1) is 0 Å². The van der Waals surface area contributed by atoms with E-state index in [0.717, 1.165) is 30.6 Å². The van der Waals surface area contributed by atoms with Gasteiger partial charge in [-0.05, 0) is 37.0 Å². The molecule has 1 saturated heterocycles. The van der Waals surface area contributed by atoms with E-state index in [2.05, 4.69) is 5.32 Å². The van der Waals surface area contributed by atoms with E-state index in [4.69, 9.17) is 18.9 Å². The highest BCUT2D eigenvalue weighted by atomic mass is 16.7. The van der Waals surface area contributed by atoms with Crippen molar-refractivity contribution in [1.82, 2.24) is 5.32 Å². The van der Waals surface area contributed by atoms with Gasteiger partial charge in [0.1, 0.15) is 6.10 Å². The molecule has 1 saturated carbocycles. The predicted molar refractivity (Wildman–Crippen MR) is 79.9 cm³/mol. The molecule has 1 spiro atoms. The van der Waals surface area contributed by atoms with Gasteiger partial charge in [0.25, 0.3) is 0 Å². The molecule has 0 unspecified atom stereocenters. The molecule has 23 heavy (non-hydrogen) atoms. The van der Waals surface area contributed by atoms with Crippen molar-refractivity contribution in [2.75, 3.05) is 20.4 Å². The van der Waals surface area contributed by atoms with Crippen LogP contribution >= 0.6 is 0 Å². The molecule has 4 atom stereocenters. The van der Waals surface area contributed by atoms with Crippen LogP contribution in [0.1, 0.15) is 35.2 Å². The molecule has 0 amide bonds. The quantitative estimate of drug-likeness (QED) is 0.789. The van der Waals surface area contributed by atoms with Crippen molar-refractivity contribution >= 4 is 5.97 Å². The second kappa shape index (κ2) is 4.61. The van der Waals surface area contributed by atoms with Crippen LogP contribution in [0.3, 0.4) is 0 Å². The Balaban J connectivity index is 1.67. The average Bonchev–Trinajstić information content (AvgIpc) is 3.17. The Hall–Kier alpha value is -1.79. The summed E-state index contributed by atoms with van der Waals surface area (Å²) in [5.74, 6) is 1.10. The van der Waals surface area contributed by atoms with Gasteiger partial charge in [0, 0.05) is 19.7 Å². The fourth-order valence-corrected chi connectivity index (χ4v) is 4.79. The number of esters is 1. The minimum Gasteiger partial charge on any atom is -0.456 e. The van der Waals surface area contributed by atoms with Crippen LogP contribution in [-0.2, 0) is 14.9 Å². The molecule has 1 aromatic carbocycles. The van der Waals surface area contributed by atoms with E-state index in [1.807, 2.05) is 6.07 Å². The molecule has 3 aliphatic heterocycles. The number of benzene rings is 1. The maximum Gasteiger partial charge on any atom is 0.338 e. The minimum atomic E-state index is -0.259. The summed E-state index contributed by atoms with van der Waals surface area (Å²) >= 11 is 0. The molecule has 0 radical (unpaired) electrons. The number of carbonyl (C=O) groups excluding carboxylic acids is 1. The molecular formula is C17H19NO5. The van der Waals surface area contributed by atoms with Gasteiger partial charge in [0.05, 0.1) is 17.1 Å². The van der Waals surface area contributed by atoms with Crippen LogP contribution < -0.4 is 14.8 Å². The molecule has 0 bridgehead atoms. The van der Waals surface area contributed by atoms with Crippen LogP contribution in [-0.4, -0.2) is 44.7 Å². The molecule has 3 heterocycles. The molecule has 5 rings (SSSR count). The number of carbonyl (C=O) groups is 1. The lowest BCUT2D eigenvalue weighted by Crippen LogP contribution is -2.54. The summed E-state index contributed by atoms with van der Waals surface area (Å²) in [5.41, 5.74) is 1.49. The number of rotatable bonds is 1. The van der Waals surface area contributed by atoms with E-state index in [1.54, 1.807) is 13.2 Å². The number of fused-ring (bicyclic) bond motifs is 2. The van der Waals surface area contributed by atoms with Gasteiger partial charge in [-0.25, -0.2) is 4.79 Å². The van der Waals surface area contributed by atoms with Gasteiger partial charge < -0.3 is 24.3 Å². The van der Waals surface area contributed by atoms with Crippen LogP contribution in [0.2, 0.25) is 0 Å². The molecular weight excluding hydrogens is 298 g/mol. The third-order valence-corrected chi connectivity index (χ3v) is 5.94. The Morgan fingerprint density at radius 3 is 2.96 bits per heavy atom. The molecule has 4 aliphatic rings. The highest BCUT2D eigenvalue weighted by molar-refractivity contribution is 5.94. The number of hydrogen-bond donors (Lipinski definition) is 1. The van der Waals surface area contributed by atoms with Crippen LogP contribution in [0.25, 0.3) is 0 Å². The number of ether oxygens (including phenoxy) is 4. The Morgan fingerprint density at radius 1 is 1.30 bits per heavy atom. The summed E-state index contributed by atoms with van der Waals surface area (Å²) in [6, 6.07) is 4.03. The lowest BCUT2D eigenvalue weighted by Gasteiger charge is -2.47. The smallest absolute Gasteiger partial charge is 0.338 e. The summed E-state index contributed by atoms with van der Waals surface area (Å²) in [4.78, 5) is 12.4. The van der Waals surface area contributed by atoms with E-state index < -0.39 is 0 Å². The monoisotopic (exact) mass is 317 g/mol. The molecule has 6 nitrogen and oxygen atoms in total. The van der Waals surface area contributed by atoms with Crippen LogP contribution in [0.5, 0.6) is 11.5 Å². The average molecular weight is 317 g/mol. The van der Waals surface area contributed by atoms with Crippen LogP contribution in [0.15, 0.2) is 12.1 Å². The van der Waals surface area contributed by atoms with Crippen molar-refractivity contribution < 1.29 is 23.7 Å². The van der Waals surface area contributed by atoms with E-state index in [0.29, 0.717) is 17.9 Å². The molecule has 1 aromatic rings. The van der Waals surface area contributed by atoms with Gasteiger partial charge in [-0.15, -0.1) is 0 Å². The SMILES string of the molecule is CO[C@H]1CC[C@@]23c4cc5c(cc4C(=O)O[C@@H]2CN[C@H]3C1)OCO5. The van der Waals surface area contributed by atoms with E-state index >= 15 is 0 Å². The summed E-state index contributed by atoms with van der Waals surface area (Å²) in [7, 11) is 1.77. The van der Waals surface area contributed by atoms with Crippen molar-refractivity contribution in [3.63, 3.8) is 0 Å². The predicted octanol–water partition coefficient (Wildman–Crippen LogP) is 1.36. The lowest BCUT2D eigenvalue weighted by molar-refractivity contribution is -0.0174.